The van der Waals surface area contributed by atoms with E-state index in [4.69, 9.17) is 9.94 Å². The molecule has 0 saturated carbocycles. The van der Waals surface area contributed by atoms with Crippen LogP contribution in [0.25, 0.3) is 0 Å². The summed E-state index contributed by atoms with van der Waals surface area (Å²) in [6.07, 6.45) is -0.110. The SMILES string of the molecule is CC(O/N=[N+](/[O-])N(C)CCCCC(=O)O)N1C(=O)c2ccccc2C1=O. The van der Waals surface area contributed by atoms with Crippen LogP contribution in [0.3, 0.4) is 0 Å². The number of imide groups is 1. The number of unbranched alkanes of at least 4 members (excludes halogenated alkanes) is 1. The Morgan fingerprint density at radius 1 is 1.31 bits per heavy atom. The van der Waals surface area contributed by atoms with Crippen molar-refractivity contribution >= 4 is 17.8 Å². The Balaban J connectivity index is 1.90. The van der Waals surface area contributed by atoms with Crippen LogP contribution in [0.5, 0.6) is 0 Å². The standard InChI is InChI=1S/C16H20N4O6/c1-11(19-15(23)12-7-3-4-8-13(12)16(19)24)26-17-20(25)18(2)10-6-5-9-14(21)22/h3-4,7-8,11H,5-6,9-10H2,1-2H3,(H,21,22)/b20-17+. The maximum Gasteiger partial charge on any atom is 0.303 e. The van der Waals surface area contributed by atoms with E-state index in [1.54, 1.807) is 24.3 Å². The molecule has 1 aromatic carbocycles. The second-order valence-electron chi connectivity index (χ2n) is 5.80. The molecular weight excluding hydrogens is 344 g/mol. The average Bonchev–Trinajstić information content (AvgIpc) is 2.87. The molecule has 1 unspecified atom stereocenters. The molecule has 10 nitrogen and oxygen atoms in total. The van der Waals surface area contributed by atoms with Crippen molar-refractivity contribution in [1.29, 1.82) is 0 Å². The number of hydrogen-bond donors (Lipinski definition) is 1. The Labute approximate surface area is 149 Å². The van der Waals surface area contributed by atoms with E-state index in [9.17, 15) is 19.6 Å². The summed E-state index contributed by atoms with van der Waals surface area (Å²) in [6, 6.07) is 6.40. The van der Waals surface area contributed by atoms with Gasteiger partial charge in [-0.3, -0.25) is 14.4 Å². The Kier molecular flexibility index (Phi) is 6.10. The molecule has 0 aromatic heterocycles. The maximum atomic E-state index is 12.3. The molecule has 140 valence electrons. The van der Waals surface area contributed by atoms with Crippen molar-refractivity contribution in [3.05, 3.63) is 40.6 Å². The van der Waals surface area contributed by atoms with Crippen LogP contribution >= 0.6 is 0 Å². The lowest BCUT2D eigenvalue weighted by Gasteiger charge is -2.19. The third kappa shape index (κ3) is 4.26. The van der Waals surface area contributed by atoms with Gasteiger partial charge in [0.2, 0.25) is 11.5 Å². The van der Waals surface area contributed by atoms with Gasteiger partial charge in [-0.2, -0.15) is 0 Å². The van der Waals surface area contributed by atoms with Gasteiger partial charge in [-0.15, -0.1) is 5.01 Å². The summed E-state index contributed by atoms with van der Waals surface area (Å²) in [5.41, 5.74) is 0.560. The molecule has 26 heavy (non-hydrogen) atoms. The number of hydrogen-bond acceptors (Lipinski definition) is 6. The predicted octanol–water partition coefficient (Wildman–Crippen LogP) is 1.62. The van der Waals surface area contributed by atoms with Crippen LogP contribution in [0.15, 0.2) is 29.5 Å². The number of benzene rings is 1. The van der Waals surface area contributed by atoms with Crippen molar-refractivity contribution < 1.29 is 29.3 Å². The molecule has 1 heterocycles. The van der Waals surface area contributed by atoms with Gasteiger partial charge in [0.1, 0.15) is 0 Å². The molecule has 1 atom stereocenters. The number of nitrogens with zero attached hydrogens (tertiary/aromatic N) is 4. The summed E-state index contributed by atoms with van der Waals surface area (Å²) in [4.78, 5) is 41.1. The molecule has 1 aliphatic rings. The van der Waals surface area contributed by atoms with Gasteiger partial charge in [0.25, 0.3) is 11.8 Å². The molecule has 1 N–H and O–H groups in total. The van der Waals surface area contributed by atoms with Crippen molar-refractivity contribution in [2.75, 3.05) is 13.6 Å². The van der Waals surface area contributed by atoms with Crippen LogP contribution in [0.4, 0.5) is 0 Å². The van der Waals surface area contributed by atoms with Gasteiger partial charge in [-0.1, -0.05) is 12.1 Å². The number of fused-ring (bicyclic) bond motifs is 1. The topological polar surface area (TPSA) is 126 Å². The molecule has 0 aliphatic carbocycles. The number of aliphatic carboxylic acids is 1. The fraction of sp³-hybridized carbons (Fsp3) is 0.438. The molecule has 0 bridgehead atoms. The summed E-state index contributed by atoms with van der Waals surface area (Å²) in [7, 11) is 1.47. The molecule has 1 aromatic rings. The van der Waals surface area contributed by atoms with Gasteiger partial charge in [0, 0.05) is 6.42 Å². The molecule has 2 rings (SSSR count). The highest BCUT2D eigenvalue weighted by atomic mass is 16.7. The monoisotopic (exact) mass is 364 g/mol. The number of amides is 2. The number of carbonyl (C=O) groups is 3. The van der Waals surface area contributed by atoms with Gasteiger partial charge >= 0.3 is 5.97 Å². The van der Waals surface area contributed by atoms with E-state index in [1.807, 2.05) is 0 Å². The first kappa shape index (κ1) is 19.2. The molecule has 1 aliphatic heterocycles. The van der Waals surface area contributed by atoms with Crippen molar-refractivity contribution in [3.63, 3.8) is 0 Å². The highest BCUT2D eigenvalue weighted by Gasteiger charge is 2.39. The number of rotatable bonds is 9. The molecular formula is C16H20N4O6. The van der Waals surface area contributed by atoms with Gasteiger partial charge in [0.15, 0.2) is 0 Å². The third-order valence-corrected chi connectivity index (χ3v) is 3.87. The fourth-order valence-electron chi connectivity index (χ4n) is 2.46. The number of hydrazine groups is 1. The van der Waals surface area contributed by atoms with E-state index in [2.05, 4.69) is 5.28 Å². The fourth-order valence-corrected chi connectivity index (χ4v) is 2.46. The van der Waals surface area contributed by atoms with Crippen molar-refractivity contribution in [2.45, 2.75) is 32.4 Å². The average molecular weight is 364 g/mol. The zero-order valence-corrected chi connectivity index (χ0v) is 14.5. The van der Waals surface area contributed by atoms with E-state index in [0.29, 0.717) is 12.8 Å². The van der Waals surface area contributed by atoms with E-state index in [1.165, 1.54) is 19.0 Å². The van der Waals surface area contributed by atoms with Crippen molar-refractivity contribution in [1.82, 2.24) is 9.91 Å². The number of carboxylic acid groups (broad SMARTS) is 1. The minimum atomic E-state index is -1.06. The summed E-state index contributed by atoms with van der Waals surface area (Å²) < 4.78 is 0. The Hall–Kier alpha value is -3.17. The van der Waals surface area contributed by atoms with Gasteiger partial charge in [-0.05, 0) is 31.9 Å². The van der Waals surface area contributed by atoms with Crippen LogP contribution in [0, 0.1) is 5.21 Å². The van der Waals surface area contributed by atoms with Gasteiger partial charge in [0.05, 0.1) is 29.7 Å². The molecule has 10 heteroatoms. The summed E-state index contributed by atoms with van der Waals surface area (Å²) in [5.74, 6) is -1.91. The molecule has 0 fully saturated rings. The van der Waals surface area contributed by atoms with Crippen LogP contribution in [0.2, 0.25) is 0 Å². The molecule has 0 spiro atoms. The minimum absolute atomic E-state index is 0.0249. The third-order valence-electron chi connectivity index (χ3n) is 3.87. The van der Waals surface area contributed by atoms with Crippen LogP contribution in [-0.4, -0.2) is 57.6 Å². The van der Waals surface area contributed by atoms with Crippen LogP contribution < -0.4 is 0 Å². The summed E-state index contributed by atoms with van der Waals surface area (Å²) in [6.45, 7) is 1.72. The first-order valence-electron chi connectivity index (χ1n) is 8.06. The Morgan fingerprint density at radius 2 is 1.88 bits per heavy atom. The Bertz CT molecular complexity index is 700. The minimum Gasteiger partial charge on any atom is -0.569 e. The van der Waals surface area contributed by atoms with E-state index in [-0.39, 0.29) is 29.1 Å². The van der Waals surface area contributed by atoms with Gasteiger partial charge in [-0.25, -0.2) is 4.90 Å². The van der Waals surface area contributed by atoms with E-state index >= 15 is 0 Å². The predicted molar refractivity (Wildman–Crippen MR) is 87.7 cm³/mol. The van der Waals surface area contributed by atoms with Crippen molar-refractivity contribution in [3.8, 4) is 0 Å². The zero-order chi connectivity index (χ0) is 19.3. The summed E-state index contributed by atoms with van der Waals surface area (Å²) in [5, 5.41) is 24.9. The van der Waals surface area contributed by atoms with Crippen LogP contribution in [0.1, 0.15) is 46.9 Å². The lowest BCUT2D eigenvalue weighted by atomic mass is 10.1. The van der Waals surface area contributed by atoms with E-state index in [0.717, 1.165) is 4.90 Å². The first-order chi connectivity index (χ1) is 12.3. The Morgan fingerprint density at radius 3 is 2.42 bits per heavy atom. The lowest BCUT2D eigenvalue weighted by Crippen LogP contribution is -2.39. The normalized spacial score (nSPS) is 15.0. The number of carbonyl (C=O) groups excluding carboxylic acids is 2. The van der Waals surface area contributed by atoms with E-state index < -0.39 is 24.0 Å². The molecule has 0 radical (unpaired) electrons. The highest BCUT2D eigenvalue weighted by Crippen LogP contribution is 2.24. The number of carboxylic acids is 1. The lowest BCUT2D eigenvalue weighted by molar-refractivity contribution is -0.707. The first-order valence-corrected chi connectivity index (χ1v) is 8.06. The second-order valence-corrected chi connectivity index (χ2v) is 5.80. The largest absolute Gasteiger partial charge is 0.569 e. The molecule has 2 amide bonds. The quantitative estimate of drug-likeness (QED) is 0.232. The van der Waals surface area contributed by atoms with Crippen LogP contribution in [-0.2, 0) is 9.63 Å². The second kappa shape index (κ2) is 8.28. The summed E-state index contributed by atoms with van der Waals surface area (Å²) >= 11 is 0. The maximum absolute atomic E-state index is 12.3. The zero-order valence-electron chi connectivity index (χ0n) is 14.5. The molecule has 0 saturated heterocycles. The smallest absolute Gasteiger partial charge is 0.303 e. The van der Waals surface area contributed by atoms with Crippen molar-refractivity contribution in [2.24, 2.45) is 5.28 Å². The van der Waals surface area contributed by atoms with Gasteiger partial charge < -0.3 is 15.2 Å². The highest BCUT2D eigenvalue weighted by molar-refractivity contribution is 6.21.